The van der Waals surface area contributed by atoms with Gasteiger partial charge in [0.1, 0.15) is 5.69 Å². The van der Waals surface area contributed by atoms with Crippen LogP contribution in [0.1, 0.15) is 79.1 Å². The van der Waals surface area contributed by atoms with E-state index >= 15 is 0 Å². The molecule has 0 bridgehead atoms. The van der Waals surface area contributed by atoms with E-state index in [0.717, 1.165) is 12.8 Å². The first kappa shape index (κ1) is 21.2. The number of amides is 1. The van der Waals surface area contributed by atoms with E-state index in [0.29, 0.717) is 41.4 Å². The molecule has 1 aliphatic rings. The van der Waals surface area contributed by atoms with Crippen LogP contribution in [-0.4, -0.2) is 46.7 Å². The molecule has 150 valence electrons. The monoisotopic (exact) mass is 376 g/mol. The van der Waals surface area contributed by atoms with E-state index in [1.165, 1.54) is 0 Å². The first-order valence-corrected chi connectivity index (χ1v) is 9.87. The third-order valence-corrected chi connectivity index (χ3v) is 5.07. The lowest BCUT2D eigenvalue weighted by Crippen LogP contribution is -2.45. The van der Waals surface area contributed by atoms with Gasteiger partial charge in [0.05, 0.1) is 12.6 Å². The van der Waals surface area contributed by atoms with Crippen molar-refractivity contribution in [2.75, 3.05) is 13.2 Å². The molecule has 1 aromatic rings. The number of hydrogen-bond acceptors (Lipinski definition) is 4. The zero-order valence-electron chi connectivity index (χ0n) is 17.3. The molecule has 1 amide bonds. The van der Waals surface area contributed by atoms with Gasteiger partial charge in [-0.3, -0.25) is 9.59 Å². The van der Waals surface area contributed by atoms with Crippen LogP contribution in [0.5, 0.6) is 0 Å². The molecule has 1 aromatic heterocycles. The first-order valence-electron chi connectivity index (χ1n) is 9.87. The van der Waals surface area contributed by atoms with Gasteiger partial charge in [0.2, 0.25) is 5.91 Å². The molecule has 27 heavy (non-hydrogen) atoms. The Hall–Kier alpha value is -2.11. The van der Waals surface area contributed by atoms with Gasteiger partial charge in [-0.05, 0) is 57.9 Å². The van der Waals surface area contributed by atoms with Crippen LogP contribution in [0.25, 0.3) is 0 Å². The van der Waals surface area contributed by atoms with Gasteiger partial charge in [0, 0.05) is 24.2 Å². The predicted octanol–water partition coefficient (Wildman–Crippen LogP) is 3.66. The normalized spacial score (nSPS) is 14.9. The van der Waals surface area contributed by atoms with Crippen molar-refractivity contribution in [2.45, 2.75) is 66.8 Å². The quantitative estimate of drug-likeness (QED) is 0.527. The Kier molecular flexibility index (Phi) is 6.84. The molecular formula is C21H32N2O4. The van der Waals surface area contributed by atoms with Crippen LogP contribution in [0.4, 0.5) is 0 Å². The van der Waals surface area contributed by atoms with Crippen LogP contribution >= 0.6 is 0 Å². The van der Waals surface area contributed by atoms with E-state index in [4.69, 9.17) is 4.74 Å². The molecule has 0 aromatic carbocycles. The minimum Gasteiger partial charge on any atom is -0.461 e. The molecule has 1 fully saturated rings. The van der Waals surface area contributed by atoms with E-state index in [1.807, 2.05) is 13.8 Å². The maximum absolute atomic E-state index is 13.2. The number of H-pyrrole nitrogens is 1. The van der Waals surface area contributed by atoms with Crippen molar-refractivity contribution in [2.24, 2.45) is 11.8 Å². The standard InChI is InChI=1S/C21H32N2O4/c1-7-27-21(26)19-13(4)18(14(5)22-19)20(25)15(6)23(11-16-8-9-16)17(24)10-12(2)3/h12,15-16,22H,7-11H2,1-6H3. The van der Waals surface area contributed by atoms with Crippen molar-refractivity contribution in [3.8, 4) is 0 Å². The molecule has 0 aliphatic heterocycles. The molecule has 0 saturated heterocycles. The van der Waals surface area contributed by atoms with E-state index in [2.05, 4.69) is 4.98 Å². The second kappa shape index (κ2) is 8.72. The van der Waals surface area contributed by atoms with Crippen LogP contribution in [0, 0.1) is 25.7 Å². The maximum atomic E-state index is 13.2. The van der Waals surface area contributed by atoms with Gasteiger partial charge in [0.15, 0.2) is 5.78 Å². The van der Waals surface area contributed by atoms with Gasteiger partial charge in [-0.2, -0.15) is 0 Å². The van der Waals surface area contributed by atoms with Crippen LogP contribution < -0.4 is 0 Å². The summed E-state index contributed by atoms with van der Waals surface area (Å²) in [6, 6.07) is -0.555. The summed E-state index contributed by atoms with van der Waals surface area (Å²) in [7, 11) is 0. The third kappa shape index (κ3) is 4.99. The topological polar surface area (TPSA) is 79.5 Å². The second-order valence-electron chi connectivity index (χ2n) is 7.97. The van der Waals surface area contributed by atoms with Crippen LogP contribution in [0.2, 0.25) is 0 Å². The van der Waals surface area contributed by atoms with E-state index in [9.17, 15) is 14.4 Å². The molecule has 1 saturated carbocycles. The molecule has 1 heterocycles. The lowest BCUT2D eigenvalue weighted by atomic mass is 9.98. The highest BCUT2D eigenvalue weighted by atomic mass is 16.5. The fraction of sp³-hybridized carbons (Fsp3) is 0.667. The second-order valence-corrected chi connectivity index (χ2v) is 7.97. The SMILES string of the molecule is CCOC(=O)c1[nH]c(C)c(C(=O)C(C)N(CC2CC2)C(=O)CC(C)C)c1C. The Morgan fingerprint density at radius 3 is 2.33 bits per heavy atom. The van der Waals surface area contributed by atoms with E-state index < -0.39 is 12.0 Å². The van der Waals surface area contributed by atoms with Gasteiger partial charge in [-0.1, -0.05) is 13.8 Å². The molecular weight excluding hydrogens is 344 g/mol. The van der Waals surface area contributed by atoms with Crippen molar-refractivity contribution in [1.82, 2.24) is 9.88 Å². The summed E-state index contributed by atoms with van der Waals surface area (Å²) < 4.78 is 5.06. The predicted molar refractivity (Wildman–Crippen MR) is 104 cm³/mol. The van der Waals surface area contributed by atoms with Gasteiger partial charge in [-0.15, -0.1) is 0 Å². The highest BCUT2D eigenvalue weighted by Gasteiger charge is 2.34. The summed E-state index contributed by atoms with van der Waals surface area (Å²) in [5.41, 5.74) is 2.02. The fourth-order valence-corrected chi connectivity index (χ4v) is 3.40. The largest absolute Gasteiger partial charge is 0.461 e. The Balaban J connectivity index is 2.28. The summed E-state index contributed by atoms with van der Waals surface area (Å²) in [5, 5.41) is 0. The molecule has 6 heteroatoms. The van der Waals surface area contributed by atoms with Crippen molar-refractivity contribution in [3.05, 3.63) is 22.5 Å². The zero-order chi connectivity index (χ0) is 20.3. The Bertz CT molecular complexity index is 716. The van der Waals surface area contributed by atoms with E-state index in [1.54, 1.807) is 32.6 Å². The molecule has 2 rings (SSSR count). The van der Waals surface area contributed by atoms with Crippen molar-refractivity contribution < 1.29 is 19.1 Å². The molecule has 1 aliphatic carbocycles. The van der Waals surface area contributed by atoms with Gasteiger partial charge >= 0.3 is 5.97 Å². The summed E-state index contributed by atoms with van der Waals surface area (Å²) in [6.45, 7) is 12.0. The van der Waals surface area contributed by atoms with Gasteiger partial charge in [-0.25, -0.2) is 4.79 Å². The molecule has 0 spiro atoms. The summed E-state index contributed by atoms with van der Waals surface area (Å²) in [6.07, 6.45) is 2.66. The average molecular weight is 376 g/mol. The summed E-state index contributed by atoms with van der Waals surface area (Å²) in [5.74, 6) is 0.173. The number of ether oxygens (including phenoxy) is 1. The van der Waals surface area contributed by atoms with Crippen LogP contribution in [0.15, 0.2) is 0 Å². The third-order valence-electron chi connectivity index (χ3n) is 5.07. The summed E-state index contributed by atoms with van der Waals surface area (Å²) in [4.78, 5) is 42.8. The molecule has 0 radical (unpaired) electrons. The number of nitrogens with zero attached hydrogens (tertiary/aromatic N) is 1. The number of carbonyl (C=O) groups is 3. The molecule has 6 nitrogen and oxygen atoms in total. The smallest absolute Gasteiger partial charge is 0.355 e. The Morgan fingerprint density at radius 1 is 1.19 bits per heavy atom. The van der Waals surface area contributed by atoms with Crippen LogP contribution in [0.3, 0.4) is 0 Å². The lowest BCUT2D eigenvalue weighted by Gasteiger charge is -2.29. The minimum absolute atomic E-state index is 0.0224. The molecule has 1 unspecified atom stereocenters. The highest BCUT2D eigenvalue weighted by molar-refractivity contribution is 6.06. The number of aryl methyl sites for hydroxylation is 1. The number of nitrogens with one attached hydrogen (secondary N) is 1. The number of rotatable bonds is 9. The Morgan fingerprint density at radius 2 is 1.81 bits per heavy atom. The molecule has 1 N–H and O–H groups in total. The number of aromatic nitrogens is 1. The van der Waals surface area contributed by atoms with Gasteiger partial charge < -0.3 is 14.6 Å². The highest BCUT2D eigenvalue weighted by Crippen LogP contribution is 2.31. The number of esters is 1. The number of ketones is 1. The van der Waals surface area contributed by atoms with Crippen molar-refractivity contribution in [3.63, 3.8) is 0 Å². The van der Waals surface area contributed by atoms with Crippen LogP contribution in [-0.2, 0) is 9.53 Å². The summed E-state index contributed by atoms with van der Waals surface area (Å²) >= 11 is 0. The zero-order valence-corrected chi connectivity index (χ0v) is 17.3. The number of hydrogen-bond donors (Lipinski definition) is 1. The number of aromatic amines is 1. The fourth-order valence-electron chi connectivity index (χ4n) is 3.40. The number of Topliss-reactive ketones (excluding diaryl/α,β-unsaturated/α-hetero) is 1. The van der Waals surface area contributed by atoms with Crippen molar-refractivity contribution >= 4 is 17.7 Å². The van der Waals surface area contributed by atoms with Crippen molar-refractivity contribution in [1.29, 1.82) is 0 Å². The van der Waals surface area contributed by atoms with Gasteiger partial charge in [0.25, 0.3) is 0 Å². The van der Waals surface area contributed by atoms with E-state index in [-0.39, 0.29) is 24.2 Å². The first-order chi connectivity index (χ1) is 12.7. The molecule has 1 atom stereocenters. The lowest BCUT2D eigenvalue weighted by molar-refractivity contribution is -0.133. The Labute approximate surface area is 161 Å². The average Bonchev–Trinajstić information content (AvgIpc) is 3.35. The maximum Gasteiger partial charge on any atom is 0.355 e. The number of carbonyl (C=O) groups excluding carboxylic acids is 3. The minimum atomic E-state index is -0.555.